The number of nitrogens with one attached hydrogen (secondary N) is 2. The maximum absolute atomic E-state index is 13.0. The molecule has 1 heterocycles. The van der Waals surface area contributed by atoms with Crippen molar-refractivity contribution in [1.82, 2.24) is 0 Å². The smallest absolute Gasteiger partial charge is 0.422 e. The minimum atomic E-state index is -4.47. The lowest BCUT2D eigenvalue weighted by Crippen LogP contribution is -2.59. The van der Waals surface area contributed by atoms with Crippen LogP contribution in [0.25, 0.3) is 0 Å². The molecule has 0 unspecified atom stereocenters. The summed E-state index contributed by atoms with van der Waals surface area (Å²) in [6.07, 6.45) is -4.47. The zero-order valence-corrected chi connectivity index (χ0v) is 15.8. The van der Waals surface area contributed by atoms with Crippen LogP contribution in [0.1, 0.15) is 13.8 Å². The van der Waals surface area contributed by atoms with Gasteiger partial charge in [-0.25, -0.2) is 0 Å². The topological polar surface area (TPSA) is 70.7 Å². The number of fused-ring (bicyclic) bond motifs is 1. The van der Waals surface area contributed by atoms with E-state index in [-0.39, 0.29) is 23.9 Å². The van der Waals surface area contributed by atoms with E-state index in [0.717, 1.165) is 0 Å². The molecule has 0 spiro atoms. The van der Waals surface area contributed by atoms with Crippen LogP contribution in [-0.4, -0.2) is 36.7 Å². The van der Waals surface area contributed by atoms with E-state index < -0.39 is 24.2 Å². The number of para-hydroxylation sites is 4. The zero-order chi connectivity index (χ0) is 21.2. The number of nitrogens with zero attached hydrogens (tertiary/aromatic N) is 1. The summed E-state index contributed by atoms with van der Waals surface area (Å²) in [5, 5.41) is 5.58. The third-order valence-electron chi connectivity index (χ3n) is 4.47. The highest BCUT2D eigenvalue weighted by atomic mass is 19.4. The van der Waals surface area contributed by atoms with E-state index in [0.29, 0.717) is 11.4 Å². The lowest BCUT2D eigenvalue weighted by Gasteiger charge is -2.42. The molecule has 9 heteroatoms. The van der Waals surface area contributed by atoms with Crippen molar-refractivity contribution in [1.29, 1.82) is 0 Å². The van der Waals surface area contributed by atoms with E-state index in [4.69, 9.17) is 4.74 Å². The number of carbonyl (C=O) groups excluding carboxylic acids is 2. The first-order valence-corrected chi connectivity index (χ1v) is 8.85. The van der Waals surface area contributed by atoms with Gasteiger partial charge in [0.05, 0.1) is 23.6 Å². The summed E-state index contributed by atoms with van der Waals surface area (Å²) >= 11 is 0. The molecule has 0 radical (unpaired) electrons. The van der Waals surface area contributed by atoms with Crippen molar-refractivity contribution < 1.29 is 27.5 Å². The van der Waals surface area contributed by atoms with Gasteiger partial charge in [-0.1, -0.05) is 24.3 Å². The molecule has 1 aliphatic heterocycles. The van der Waals surface area contributed by atoms with Crippen molar-refractivity contribution in [3.8, 4) is 5.75 Å². The highest BCUT2D eigenvalue weighted by molar-refractivity contribution is 6.14. The molecule has 29 heavy (non-hydrogen) atoms. The monoisotopic (exact) mass is 407 g/mol. The van der Waals surface area contributed by atoms with Crippen LogP contribution < -0.4 is 20.3 Å². The average Bonchev–Trinajstić information content (AvgIpc) is 2.65. The minimum Gasteiger partial charge on any atom is -0.482 e. The van der Waals surface area contributed by atoms with Crippen molar-refractivity contribution in [3.05, 3.63) is 48.5 Å². The van der Waals surface area contributed by atoms with E-state index in [2.05, 4.69) is 10.6 Å². The van der Waals surface area contributed by atoms with Crippen molar-refractivity contribution in [2.24, 2.45) is 0 Å². The van der Waals surface area contributed by atoms with Crippen LogP contribution in [0.15, 0.2) is 48.5 Å². The molecule has 0 atom stereocenters. The van der Waals surface area contributed by atoms with E-state index >= 15 is 0 Å². The number of carbonyl (C=O) groups is 2. The fourth-order valence-electron chi connectivity index (χ4n) is 3.05. The number of alkyl halides is 3. The molecular weight excluding hydrogens is 387 g/mol. The summed E-state index contributed by atoms with van der Waals surface area (Å²) in [4.78, 5) is 26.8. The number of amides is 2. The quantitative estimate of drug-likeness (QED) is 0.791. The van der Waals surface area contributed by atoms with Gasteiger partial charge in [-0.2, -0.15) is 13.2 Å². The van der Waals surface area contributed by atoms with Crippen molar-refractivity contribution in [2.45, 2.75) is 25.6 Å². The molecule has 154 valence electrons. The maximum Gasteiger partial charge on any atom is 0.422 e. The van der Waals surface area contributed by atoms with Gasteiger partial charge in [0, 0.05) is 0 Å². The Bertz CT molecular complexity index is 928. The summed E-state index contributed by atoms with van der Waals surface area (Å²) in [6, 6.07) is 12.9. The standard InChI is InChI=1S/C20H20F3N3O3/c1-19(2)18(28)25-13-7-3-5-9-15(13)26(19)17(27)11-24-14-8-4-6-10-16(14)29-12-20(21,22)23/h3-10,24H,11-12H2,1-2H3,(H,25,28). The molecule has 1 aliphatic rings. The SMILES string of the molecule is CC1(C)C(=O)Nc2ccccc2N1C(=O)CNc1ccccc1OCC(F)(F)F. The number of ether oxygens (including phenoxy) is 1. The molecule has 0 aromatic heterocycles. The van der Waals surface area contributed by atoms with Gasteiger partial charge in [0.2, 0.25) is 11.8 Å². The molecule has 6 nitrogen and oxygen atoms in total. The van der Waals surface area contributed by atoms with Crippen LogP contribution in [0.5, 0.6) is 5.75 Å². The van der Waals surface area contributed by atoms with Crippen LogP contribution >= 0.6 is 0 Å². The lowest BCUT2D eigenvalue weighted by atomic mass is 9.96. The Morgan fingerprint density at radius 3 is 2.52 bits per heavy atom. The molecule has 2 amide bonds. The van der Waals surface area contributed by atoms with Crippen molar-refractivity contribution in [2.75, 3.05) is 28.7 Å². The van der Waals surface area contributed by atoms with E-state index in [9.17, 15) is 22.8 Å². The number of halogens is 3. The molecular formula is C20H20F3N3O3. The third-order valence-corrected chi connectivity index (χ3v) is 4.47. The fraction of sp³-hybridized carbons (Fsp3) is 0.300. The summed E-state index contributed by atoms with van der Waals surface area (Å²) in [7, 11) is 0. The summed E-state index contributed by atoms with van der Waals surface area (Å²) < 4.78 is 42.2. The minimum absolute atomic E-state index is 0.0197. The molecule has 0 aliphatic carbocycles. The highest BCUT2D eigenvalue weighted by Crippen LogP contribution is 2.36. The first-order valence-electron chi connectivity index (χ1n) is 8.85. The molecule has 0 bridgehead atoms. The molecule has 2 N–H and O–H groups in total. The van der Waals surface area contributed by atoms with Gasteiger partial charge in [-0.3, -0.25) is 14.5 Å². The zero-order valence-electron chi connectivity index (χ0n) is 15.8. The van der Waals surface area contributed by atoms with Crippen LogP contribution in [-0.2, 0) is 9.59 Å². The number of hydrogen-bond donors (Lipinski definition) is 2. The second kappa shape index (κ2) is 7.65. The number of hydrogen-bond acceptors (Lipinski definition) is 4. The normalized spacial score (nSPS) is 15.3. The molecule has 2 aromatic carbocycles. The molecule has 0 fully saturated rings. The third kappa shape index (κ3) is 4.44. The first kappa shape index (κ1) is 20.5. The Kier molecular flexibility index (Phi) is 5.41. The Morgan fingerprint density at radius 1 is 1.14 bits per heavy atom. The maximum atomic E-state index is 13.0. The van der Waals surface area contributed by atoms with Gasteiger partial charge < -0.3 is 15.4 Å². The van der Waals surface area contributed by atoms with Gasteiger partial charge in [0.25, 0.3) is 0 Å². The van der Waals surface area contributed by atoms with E-state index in [1.807, 2.05) is 0 Å². The Balaban J connectivity index is 1.79. The van der Waals surface area contributed by atoms with Gasteiger partial charge in [-0.15, -0.1) is 0 Å². The van der Waals surface area contributed by atoms with Gasteiger partial charge >= 0.3 is 6.18 Å². The first-order chi connectivity index (χ1) is 13.6. The number of rotatable bonds is 5. The van der Waals surface area contributed by atoms with E-state index in [1.165, 1.54) is 23.1 Å². The van der Waals surface area contributed by atoms with Crippen molar-refractivity contribution in [3.63, 3.8) is 0 Å². The molecule has 3 rings (SSSR count). The Hall–Kier alpha value is -3.23. The largest absolute Gasteiger partial charge is 0.482 e. The molecule has 0 saturated carbocycles. The number of benzene rings is 2. The predicted octanol–water partition coefficient (Wildman–Crippen LogP) is 3.80. The van der Waals surface area contributed by atoms with Gasteiger partial charge in [0.1, 0.15) is 11.3 Å². The fourth-order valence-corrected chi connectivity index (χ4v) is 3.05. The lowest BCUT2D eigenvalue weighted by molar-refractivity contribution is -0.153. The van der Waals surface area contributed by atoms with Crippen LogP contribution in [0, 0.1) is 0 Å². The summed E-state index contributed by atoms with van der Waals surface area (Å²) in [5.41, 5.74) is 0.168. The van der Waals surface area contributed by atoms with Gasteiger partial charge in [-0.05, 0) is 38.1 Å². The highest BCUT2D eigenvalue weighted by Gasteiger charge is 2.43. The van der Waals surface area contributed by atoms with Gasteiger partial charge in [0.15, 0.2) is 6.61 Å². The Morgan fingerprint density at radius 2 is 1.79 bits per heavy atom. The van der Waals surface area contributed by atoms with Crippen molar-refractivity contribution >= 4 is 28.9 Å². The van der Waals surface area contributed by atoms with Crippen LogP contribution in [0.2, 0.25) is 0 Å². The van der Waals surface area contributed by atoms with Crippen LogP contribution in [0.3, 0.4) is 0 Å². The second-order valence-corrected chi connectivity index (χ2v) is 7.01. The number of anilines is 3. The Labute approximate surface area is 165 Å². The average molecular weight is 407 g/mol. The van der Waals surface area contributed by atoms with E-state index in [1.54, 1.807) is 44.2 Å². The second-order valence-electron chi connectivity index (χ2n) is 7.01. The predicted molar refractivity (Wildman–Crippen MR) is 103 cm³/mol. The summed E-state index contributed by atoms with van der Waals surface area (Å²) in [6.45, 7) is 1.57. The molecule has 0 saturated heterocycles. The van der Waals surface area contributed by atoms with Crippen LogP contribution in [0.4, 0.5) is 30.2 Å². The molecule has 2 aromatic rings. The summed E-state index contributed by atoms with van der Waals surface area (Å²) in [5.74, 6) is -0.768.